The van der Waals surface area contributed by atoms with Crippen molar-refractivity contribution in [2.24, 2.45) is 0 Å². The van der Waals surface area contributed by atoms with Crippen molar-refractivity contribution in [1.82, 2.24) is 9.62 Å². The molecule has 1 aliphatic rings. The molecule has 0 amide bonds. The Morgan fingerprint density at radius 1 is 1.53 bits per heavy atom. The fourth-order valence-electron chi connectivity index (χ4n) is 2.24. The van der Waals surface area contributed by atoms with Gasteiger partial charge in [0.2, 0.25) is 10.0 Å². The van der Waals surface area contributed by atoms with E-state index in [1.54, 1.807) is 15.6 Å². The van der Waals surface area contributed by atoms with Crippen molar-refractivity contribution >= 4 is 33.1 Å². The van der Waals surface area contributed by atoms with Gasteiger partial charge in [0, 0.05) is 40.4 Å². The van der Waals surface area contributed by atoms with Gasteiger partial charge in [0.1, 0.15) is 0 Å². The van der Waals surface area contributed by atoms with Crippen LogP contribution in [0.15, 0.2) is 11.0 Å². The Hall–Kier alpha value is -0.0800. The molecule has 19 heavy (non-hydrogen) atoms. The van der Waals surface area contributed by atoms with Crippen LogP contribution < -0.4 is 5.32 Å². The third kappa shape index (κ3) is 3.16. The molecule has 0 saturated carbocycles. The molecule has 0 spiro atoms. The summed E-state index contributed by atoms with van der Waals surface area (Å²) in [5.41, 5.74) is 0. The molecule has 1 fully saturated rings. The fraction of sp³-hybridized carbons (Fsp3) is 0.667. The lowest BCUT2D eigenvalue weighted by Gasteiger charge is -2.31. The topological polar surface area (TPSA) is 49.4 Å². The summed E-state index contributed by atoms with van der Waals surface area (Å²) in [5.74, 6) is 1.77. The predicted octanol–water partition coefficient (Wildman–Crippen LogP) is 1.90. The van der Waals surface area contributed by atoms with Crippen LogP contribution >= 0.6 is 23.1 Å². The zero-order chi connectivity index (χ0) is 14.0. The molecule has 1 atom stereocenters. The minimum atomic E-state index is -3.34. The molecule has 4 nitrogen and oxygen atoms in total. The van der Waals surface area contributed by atoms with E-state index >= 15 is 0 Å². The molecule has 0 radical (unpaired) electrons. The van der Waals surface area contributed by atoms with Crippen LogP contribution in [0.3, 0.4) is 0 Å². The second-order valence-corrected chi connectivity index (χ2v) is 9.05. The van der Waals surface area contributed by atoms with E-state index < -0.39 is 10.0 Å². The monoisotopic (exact) mass is 320 g/mol. The van der Waals surface area contributed by atoms with Gasteiger partial charge in [-0.05, 0) is 27.0 Å². The normalized spacial score (nSPS) is 21.7. The number of thiophene rings is 1. The molecule has 1 aromatic rings. The van der Waals surface area contributed by atoms with Crippen LogP contribution in [0.1, 0.15) is 16.7 Å². The molecule has 1 saturated heterocycles. The number of nitrogens with zero attached hydrogens (tertiary/aromatic N) is 1. The lowest BCUT2D eigenvalue weighted by atomic mass is 10.4. The average Bonchev–Trinajstić information content (AvgIpc) is 2.72. The number of hydrogen-bond donors (Lipinski definition) is 1. The van der Waals surface area contributed by atoms with E-state index in [-0.39, 0.29) is 6.04 Å². The molecular weight excluding hydrogens is 300 g/mol. The Morgan fingerprint density at radius 3 is 2.89 bits per heavy atom. The maximum Gasteiger partial charge on any atom is 0.244 e. The van der Waals surface area contributed by atoms with Gasteiger partial charge >= 0.3 is 0 Å². The zero-order valence-corrected chi connectivity index (χ0v) is 13.9. The van der Waals surface area contributed by atoms with E-state index in [9.17, 15) is 8.42 Å². The number of sulfonamides is 1. The minimum absolute atomic E-state index is 0.0794. The molecule has 1 N–H and O–H groups in total. The second kappa shape index (κ2) is 6.13. The van der Waals surface area contributed by atoms with Crippen LogP contribution in [0.4, 0.5) is 0 Å². The van der Waals surface area contributed by atoms with E-state index in [1.807, 2.05) is 38.7 Å². The Bertz CT molecular complexity index is 539. The SMILES string of the molecule is CNCc1cc(S(=O)(=O)N2CCSCC2C)c(C)s1. The summed E-state index contributed by atoms with van der Waals surface area (Å²) in [6.07, 6.45) is 0. The van der Waals surface area contributed by atoms with Gasteiger partial charge in [-0.2, -0.15) is 16.1 Å². The van der Waals surface area contributed by atoms with Crippen molar-refractivity contribution in [1.29, 1.82) is 0 Å². The number of hydrogen-bond acceptors (Lipinski definition) is 5. The summed E-state index contributed by atoms with van der Waals surface area (Å²) in [6, 6.07) is 1.90. The molecule has 7 heteroatoms. The van der Waals surface area contributed by atoms with Crippen LogP contribution in [0.5, 0.6) is 0 Å². The van der Waals surface area contributed by atoms with E-state index in [1.165, 1.54) is 0 Å². The van der Waals surface area contributed by atoms with Crippen molar-refractivity contribution in [3.63, 3.8) is 0 Å². The number of nitrogens with one attached hydrogen (secondary N) is 1. The average molecular weight is 321 g/mol. The third-order valence-corrected chi connectivity index (χ3v) is 7.68. The van der Waals surface area contributed by atoms with Gasteiger partial charge in [-0.15, -0.1) is 11.3 Å². The Morgan fingerprint density at radius 2 is 2.26 bits per heavy atom. The van der Waals surface area contributed by atoms with E-state index in [4.69, 9.17) is 0 Å². The van der Waals surface area contributed by atoms with Crippen LogP contribution in [0.25, 0.3) is 0 Å². The Balaban J connectivity index is 2.33. The highest BCUT2D eigenvalue weighted by Crippen LogP contribution is 2.31. The van der Waals surface area contributed by atoms with Gasteiger partial charge < -0.3 is 5.32 Å². The zero-order valence-electron chi connectivity index (χ0n) is 11.5. The molecular formula is C12H20N2O2S3. The van der Waals surface area contributed by atoms with Crippen molar-refractivity contribution < 1.29 is 8.42 Å². The first-order chi connectivity index (χ1) is 8.96. The molecule has 1 unspecified atom stereocenters. The van der Waals surface area contributed by atoms with Crippen molar-refractivity contribution in [2.45, 2.75) is 31.3 Å². The van der Waals surface area contributed by atoms with Crippen LogP contribution in [-0.2, 0) is 16.6 Å². The molecule has 2 heterocycles. The van der Waals surface area contributed by atoms with Gasteiger partial charge in [-0.25, -0.2) is 8.42 Å². The molecule has 108 valence electrons. The van der Waals surface area contributed by atoms with Crippen molar-refractivity contribution in [3.8, 4) is 0 Å². The van der Waals surface area contributed by atoms with E-state index in [0.717, 1.165) is 21.3 Å². The van der Waals surface area contributed by atoms with Gasteiger partial charge in [0.05, 0.1) is 4.90 Å². The highest BCUT2D eigenvalue weighted by Gasteiger charge is 2.33. The van der Waals surface area contributed by atoms with Gasteiger partial charge in [-0.1, -0.05) is 0 Å². The number of aryl methyl sites for hydroxylation is 1. The highest BCUT2D eigenvalue weighted by molar-refractivity contribution is 7.99. The first-order valence-electron chi connectivity index (χ1n) is 6.30. The van der Waals surface area contributed by atoms with E-state index in [0.29, 0.717) is 18.0 Å². The summed E-state index contributed by atoms with van der Waals surface area (Å²) >= 11 is 3.38. The maximum absolute atomic E-state index is 12.7. The predicted molar refractivity (Wildman–Crippen MR) is 82.5 cm³/mol. The lowest BCUT2D eigenvalue weighted by molar-refractivity contribution is 0.367. The minimum Gasteiger partial charge on any atom is -0.315 e. The molecule has 2 rings (SSSR count). The molecule has 0 aromatic carbocycles. The third-order valence-electron chi connectivity index (χ3n) is 3.17. The smallest absolute Gasteiger partial charge is 0.244 e. The standard InChI is InChI=1S/C12H20N2O2S3/c1-9-8-17-5-4-14(9)19(15,16)12-6-11(7-13-3)18-10(12)2/h6,9,13H,4-5,7-8H2,1-3H3. The van der Waals surface area contributed by atoms with Gasteiger partial charge in [-0.3, -0.25) is 0 Å². The summed E-state index contributed by atoms with van der Waals surface area (Å²) in [7, 11) is -1.47. The molecule has 0 aliphatic carbocycles. The highest BCUT2D eigenvalue weighted by atomic mass is 32.2. The molecule has 1 aromatic heterocycles. The Labute approximate surface area is 123 Å². The van der Waals surface area contributed by atoms with Gasteiger partial charge in [0.15, 0.2) is 0 Å². The quantitative estimate of drug-likeness (QED) is 0.920. The molecule has 0 bridgehead atoms. The first-order valence-corrected chi connectivity index (χ1v) is 9.71. The van der Waals surface area contributed by atoms with Crippen molar-refractivity contribution in [2.75, 3.05) is 25.1 Å². The van der Waals surface area contributed by atoms with Crippen LogP contribution in [0, 0.1) is 6.92 Å². The van der Waals surface area contributed by atoms with Crippen LogP contribution in [0.2, 0.25) is 0 Å². The number of thioether (sulfide) groups is 1. The summed E-state index contributed by atoms with van der Waals surface area (Å²) in [4.78, 5) is 2.44. The summed E-state index contributed by atoms with van der Waals surface area (Å²) in [5, 5.41) is 3.06. The Kier molecular flexibility index (Phi) is 4.94. The maximum atomic E-state index is 12.7. The lowest BCUT2D eigenvalue weighted by Crippen LogP contribution is -2.44. The molecule has 1 aliphatic heterocycles. The van der Waals surface area contributed by atoms with Crippen molar-refractivity contribution in [3.05, 3.63) is 15.8 Å². The fourth-order valence-corrected chi connectivity index (χ4v) is 6.71. The second-order valence-electron chi connectivity index (χ2n) is 4.70. The van der Waals surface area contributed by atoms with Gasteiger partial charge in [0.25, 0.3) is 0 Å². The first kappa shape index (κ1) is 15.3. The van der Waals surface area contributed by atoms with E-state index in [2.05, 4.69) is 5.32 Å². The largest absolute Gasteiger partial charge is 0.315 e. The number of rotatable bonds is 4. The van der Waals surface area contributed by atoms with Crippen LogP contribution in [-0.4, -0.2) is 43.9 Å². The summed E-state index contributed by atoms with van der Waals surface area (Å²) in [6.45, 7) is 5.21. The summed E-state index contributed by atoms with van der Waals surface area (Å²) < 4.78 is 27.1.